The fourth-order valence-corrected chi connectivity index (χ4v) is 7.84. The van der Waals surface area contributed by atoms with Crippen molar-refractivity contribution in [1.82, 2.24) is 5.32 Å². The van der Waals surface area contributed by atoms with Gasteiger partial charge in [-0.05, 0) is 6.42 Å². The van der Waals surface area contributed by atoms with E-state index in [4.69, 9.17) is 9.47 Å². The molecule has 0 bridgehead atoms. The zero-order chi connectivity index (χ0) is 39.5. The molecule has 1 saturated heterocycles. The van der Waals surface area contributed by atoms with Crippen LogP contribution in [-0.4, -0.2) is 87.5 Å². The van der Waals surface area contributed by atoms with Crippen molar-refractivity contribution in [2.45, 2.75) is 269 Å². The van der Waals surface area contributed by atoms with E-state index in [0.717, 1.165) is 19.3 Å². The number of amides is 1. The van der Waals surface area contributed by atoms with Crippen molar-refractivity contribution < 1.29 is 39.8 Å². The van der Waals surface area contributed by atoms with Gasteiger partial charge >= 0.3 is 0 Å². The molecular formula is C45H89NO8. The maximum absolute atomic E-state index is 11.7. The highest BCUT2D eigenvalue weighted by Gasteiger charge is 2.44. The standard InChI is InChI=1S/C45H89NO8/c1-3-4-5-6-7-8-9-10-11-12-13-14-15-16-17-18-19-20-21-22-23-24-25-26-27-28-29-30-31-32-33-34-35-40(49)39(46-38(2)48)37-53-45-44(52)43(51)42(50)41(36-47)54-45/h39-45,47,49-52H,3-37H2,1-2H3,(H,46,48). The first kappa shape index (κ1) is 51.2. The van der Waals surface area contributed by atoms with Gasteiger partial charge in [-0.1, -0.05) is 212 Å². The molecule has 6 N–H and O–H groups in total. The van der Waals surface area contributed by atoms with Crippen LogP contribution < -0.4 is 5.32 Å². The number of unbranched alkanes of at least 4 members (excludes halogenated alkanes) is 31. The molecule has 322 valence electrons. The van der Waals surface area contributed by atoms with Crippen molar-refractivity contribution in [3.8, 4) is 0 Å². The lowest BCUT2D eigenvalue weighted by molar-refractivity contribution is -0.302. The number of hydrogen-bond donors (Lipinski definition) is 6. The van der Waals surface area contributed by atoms with Crippen molar-refractivity contribution in [1.29, 1.82) is 0 Å². The minimum atomic E-state index is -1.54. The molecule has 7 unspecified atom stereocenters. The summed E-state index contributed by atoms with van der Waals surface area (Å²) >= 11 is 0. The minimum Gasteiger partial charge on any atom is -0.394 e. The van der Waals surface area contributed by atoms with E-state index >= 15 is 0 Å². The van der Waals surface area contributed by atoms with Gasteiger partial charge in [-0.3, -0.25) is 4.79 Å². The van der Waals surface area contributed by atoms with Crippen molar-refractivity contribution in [3.05, 3.63) is 0 Å². The molecule has 1 aliphatic heterocycles. The van der Waals surface area contributed by atoms with Gasteiger partial charge in [-0.15, -0.1) is 0 Å². The summed E-state index contributed by atoms with van der Waals surface area (Å²) < 4.78 is 10.9. The maximum atomic E-state index is 11.7. The van der Waals surface area contributed by atoms with E-state index in [2.05, 4.69) is 12.2 Å². The van der Waals surface area contributed by atoms with E-state index in [1.54, 1.807) is 0 Å². The van der Waals surface area contributed by atoms with Crippen LogP contribution in [0.15, 0.2) is 0 Å². The molecule has 0 aromatic carbocycles. The summed E-state index contributed by atoms with van der Waals surface area (Å²) in [6, 6.07) is -0.715. The van der Waals surface area contributed by atoms with Gasteiger partial charge in [-0.2, -0.15) is 0 Å². The Morgan fingerprint density at radius 3 is 1.20 bits per heavy atom. The summed E-state index contributed by atoms with van der Waals surface area (Å²) in [4.78, 5) is 11.7. The zero-order valence-electron chi connectivity index (χ0n) is 35.3. The molecule has 0 aromatic heterocycles. The van der Waals surface area contributed by atoms with Gasteiger partial charge in [0.2, 0.25) is 5.91 Å². The van der Waals surface area contributed by atoms with Gasteiger partial charge in [0.25, 0.3) is 0 Å². The lowest BCUT2D eigenvalue weighted by Gasteiger charge is -2.40. The molecule has 1 aliphatic rings. The van der Waals surface area contributed by atoms with E-state index in [1.165, 1.54) is 193 Å². The average molecular weight is 772 g/mol. The molecule has 54 heavy (non-hydrogen) atoms. The first-order valence-corrected chi connectivity index (χ1v) is 23.2. The Kier molecular flexibility index (Phi) is 34.6. The van der Waals surface area contributed by atoms with Gasteiger partial charge in [0, 0.05) is 6.92 Å². The van der Waals surface area contributed by atoms with Gasteiger partial charge in [-0.25, -0.2) is 0 Å². The molecule has 9 nitrogen and oxygen atoms in total. The SMILES string of the molecule is CCCCCCCCCCCCCCCCCCCCCCCCCCCCCCCCCCC(O)C(COC1OC(CO)C(O)C(O)C1O)NC(C)=O. The largest absolute Gasteiger partial charge is 0.394 e. The molecule has 0 spiro atoms. The summed E-state index contributed by atoms with van der Waals surface area (Å²) in [5, 5.41) is 52.9. The first-order chi connectivity index (χ1) is 26.3. The van der Waals surface area contributed by atoms with Crippen LogP contribution in [0, 0.1) is 0 Å². The van der Waals surface area contributed by atoms with Crippen molar-refractivity contribution in [2.75, 3.05) is 13.2 Å². The zero-order valence-corrected chi connectivity index (χ0v) is 35.3. The average Bonchev–Trinajstić information content (AvgIpc) is 3.16. The minimum absolute atomic E-state index is 0.150. The van der Waals surface area contributed by atoms with Crippen LogP contribution in [0.25, 0.3) is 0 Å². The third kappa shape index (κ3) is 27.7. The molecule has 0 saturated carbocycles. The summed E-state index contributed by atoms with van der Waals surface area (Å²) in [6.45, 7) is 2.95. The number of aliphatic hydroxyl groups is 5. The van der Waals surface area contributed by atoms with Crippen molar-refractivity contribution in [2.24, 2.45) is 0 Å². The van der Waals surface area contributed by atoms with Crippen molar-refractivity contribution in [3.63, 3.8) is 0 Å². The number of aliphatic hydroxyl groups excluding tert-OH is 5. The fourth-order valence-electron chi connectivity index (χ4n) is 7.84. The summed E-state index contributed by atoms with van der Waals surface area (Å²) in [7, 11) is 0. The number of rotatable bonds is 39. The van der Waals surface area contributed by atoms with Crippen LogP contribution in [-0.2, 0) is 14.3 Å². The second-order valence-corrected chi connectivity index (χ2v) is 16.7. The molecule has 9 heteroatoms. The topological polar surface area (TPSA) is 149 Å². The van der Waals surface area contributed by atoms with Gasteiger partial charge < -0.3 is 40.3 Å². The smallest absolute Gasteiger partial charge is 0.217 e. The van der Waals surface area contributed by atoms with Crippen LogP contribution in [0.3, 0.4) is 0 Å². The normalized spacial score (nSPS) is 21.4. The fraction of sp³-hybridized carbons (Fsp3) is 0.978. The quantitative estimate of drug-likeness (QED) is 0.0339. The van der Waals surface area contributed by atoms with Crippen LogP contribution in [0.2, 0.25) is 0 Å². The first-order valence-electron chi connectivity index (χ1n) is 23.2. The molecule has 1 rings (SSSR count). The third-order valence-electron chi connectivity index (χ3n) is 11.5. The lowest BCUT2D eigenvalue weighted by atomic mass is 9.99. The summed E-state index contributed by atoms with van der Waals surface area (Å²) in [6.07, 6.45) is 36.5. The Labute approximate surface area is 332 Å². The molecule has 1 fully saturated rings. The summed E-state index contributed by atoms with van der Waals surface area (Å²) in [5.41, 5.74) is 0. The highest BCUT2D eigenvalue weighted by atomic mass is 16.7. The van der Waals surface area contributed by atoms with Gasteiger partial charge in [0.05, 0.1) is 25.4 Å². The molecular weight excluding hydrogens is 682 g/mol. The Morgan fingerprint density at radius 1 is 0.556 bits per heavy atom. The molecule has 1 amide bonds. The molecule has 0 radical (unpaired) electrons. The van der Waals surface area contributed by atoms with Crippen molar-refractivity contribution >= 4 is 5.91 Å². The third-order valence-corrected chi connectivity index (χ3v) is 11.5. The maximum Gasteiger partial charge on any atom is 0.217 e. The van der Waals surface area contributed by atoms with Gasteiger partial charge in [0.1, 0.15) is 24.4 Å². The Morgan fingerprint density at radius 2 is 0.889 bits per heavy atom. The summed E-state index contributed by atoms with van der Waals surface area (Å²) in [5.74, 6) is -0.317. The number of nitrogens with one attached hydrogen (secondary N) is 1. The molecule has 1 heterocycles. The van der Waals surface area contributed by atoms with E-state index in [9.17, 15) is 30.3 Å². The predicted octanol–water partition coefficient (Wildman–Crippen LogP) is 9.56. The molecule has 0 aromatic rings. The van der Waals surface area contributed by atoms with Crippen LogP contribution in [0.5, 0.6) is 0 Å². The van der Waals surface area contributed by atoms with E-state index in [0.29, 0.717) is 6.42 Å². The number of carbonyl (C=O) groups excluding carboxylic acids is 1. The highest BCUT2D eigenvalue weighted by molar-refractivity contribution is 5.73. The number of ether oxygens (including phenoxy) is 2. The van der Waals surface area contributed by atoms with Crippen LogP contribution in [0.1, 0.15) is 226 Å². The molecule has 7 atom stereocenters. The Hall–Kier alpha value is -0.810. The number of carbonyl (C=O) groups is 1. The van der Waals surface area contributed by atoms with E-state index in [-0.39, 0.29) is 12.5 Å². The highest BCUT2D eigenvalue weighted by Crippen LogP contribution is 2.23. The van der Waals surface area contributed by atoms with Crippen LogP contribution >= 0.6 is 0 Å². The predicted molar refractivity (Wildman–Crippen MR) is 221 cm³/mol. The second kappa shape index (κ2) is 36.5. The Bertz CT molecular complexity index is 817. The van der Waals surface area contributed by atoms with E-state index in [1.807, 2.05) is 0 Å². The second-order valence-electron chi connectivity index (χ2n) is 16.7. The lowest BCUT2D eigenvalue weighted by Crippen LogP contribution is -2.60. The van der Waals surface area contributed by atoms with E-state index < -0.39 is 49.5 Å². The Balaban J connectivity index is 1.85. The molecule has 0 aliphatic carbocycles. The monoisotopic (exact) mass is 772 g/mol. The van der Waals surface area contributed by atoms with Gasteiger partial charge in [0.15, 0.2) is 6.29 Å². The number of hydrogen-bond acceptors (Lipinski definition) is 8. The van der Waals surface area contributed by atoms with Crippen LogP contribution in [0.4, 0.5) is 0 Å².